The van der Waals surface area contributed by atoms with Crippen LogP contribution in [0.4, 0.5) is 5.69 Å². The molecule has 2 aromatic carbocycles. The first-order valence-corrected chi connectivity index (χ1v) is 11.0. The zero-order valence-corrected chi connectivity index (χ0v) is 18.8. The number of nitrogens with one attached hydrogen (secondary N) is 1. The summed E-state index contributed by atoms with van der Waals surface area (Å²) in [6, 6.07) is 17.1. The molecule has 0 unspecified atom stereocenters. The van der Waals surface area contributed by atoms with Crippen molar-refractivity contribution in [2.75, 3.05) is 45.2 Å². The molecule has 1 N–H and O–H groups in total. The van der Waals surface area contributed by atoms with Gasteiger partial charge in [-0.1, -0.05) is 12.1 Å². The Balaban J connectivity index is 1.55. The van der Waals surface area contributed by atoms with Crippen LogP contribution in [0.1, 0.15) is 18.4 Å². The fourth-order valence-corrected chi connectivity index (χ4v) is 4.23. The van der Waals surface area contributed by atoms with E-state index in [-0.39, 0.29) is 5.56 Å². The number of pyridine rings is 1. The van der Waals surface area contributed by atoms with Gasteiger partial charge in [-0.3, -0.25) is 9.36 Å². The minimum absolute atomic E-state index is 0.107. The van der Waals surface area contributed by atoms with E-state index >= 15 is 0 Å². The molecule has 0 amide bonds. The van der Waals surface area contributed by atoms with Gasteiger partial charge in [0.1, 0.15) is 5.75 Å². The second-order valence-corrected chi connectivity index (χ2v) is 8.21. The van der Waals surface area contributed by atoms with Crippen LogP contribution < -0.4 is 15.2 Å². The Morgan fingerprint density at radius 1 is 1.03 bits per heavy atom. The first-order valence-electron chi connectivity index (χ1n) is 11.0. The van der Waals surface area contributed by atoms with Crippen molar-refractivity contribution >= 4 is 11.9 Å². The Kier molecular flexibility index (Phi) is 6.71. The number of hydrogen-bond acceptors (Lipinski definition) is 5. The Labute approximate surface area is 189 Å². The highest BCUT2D eigenvalue weighted by Crippen LogP contribution is 2.24. The molecule has 6 heteroatoms. The molecule has 0 saturated carbocycles. The van der Waals surface area contributed by atoms with E-state index in [1.807, 2.05) is 48.5 Å². The van der Waals surface area contributed by atoms with Crippen LogP contribution in [0, 0.1) is 5.41 Å². The van der Waals surface area contributed by atoms with Crippen molar-refractivity contribution in [3.8, 4) is 22.6 Å². The van der Waals surface area contributed by atoms with Crippen molar-refractivity contribution in [2.24, 2.45) is 0 Å². The second-order valence-electron chi connectivity index (χ2n) is 8.21. The molecule has 6 nitrogen and oxygen atoms in total. The highest BCUT2D eigenvalue weighted by Gasteiger charge is 2.14. The Morgan fingerprint density at radius 3 is 2.44 bits per heavy atom. The van der Waals surface area contributed by atoms with Crippen LogP contribution in [0.2, 0.25) is 0 Å². The zero-order chi connectivity index (χ0) is 22.5. The zero-order valence-electron chi connectivity index (χ0n) is 18.8. The minimum atomic E-state index is -0.107. The topological polar surface area (TPSA) is 61.6 Å². The van der Waals surface area contributed by atoms with Crippen LogP contribution in [-0.2, 0) is 0 Å². The second kappa shape index (κ2) is 9.83. The third-order valence-electron chi connectivity index (χ3n) is 6.15. The first-order chi connectivity index (χ1) is 15.6. The number of likely N-dealkylation sites (N-methyl/N-ethyl adjacent to an activating group) is 1. The quantitative estimate of drug-likeness (QED) is 0.548. The van der Waals surface area contributed by atoms with Crippen LogP contribution >= 0.6 is 0 Å². The summed E-state index contributed by atoms with van der Waals surface area (Å²) >= 11 is 0. The van der Waals surface area contributed by atoms with Gasteiger partial charge in [0.2, 0.25) is 0 Å². The predicted molar refractivity (Wildman–Crippen MR) is 131 cm³/mol. The van der Waals surface area contributed by atoms with E-state index in [2.05, 4.69) is 16.8 Å². The molecule has 0 bridgehead atoms. The number of likely N-dealkylation sites (tertiary alicyclic amines) is 1. The Bertz CT molecular complexity index is 1130. The smallest absolute Gasteiger partial charge is 0.255 e. The molecular formula is C26H30N4O2. The highest BCUT2D eigenvalue weighted by molar-refractivity contribution is 5.87. The summed E-state index contributed by atoms with van der Waals surface area (Å²) in [7, 11) is 3.70. The molecule has 0 atom stereocenters. The van der Waals surface area contributed by atoms with E-state index in [4.69, 9.17) is 10.1 Å². The molecule has 166 valence electrons. The Hall–Kier alpha value is -3.38. The Morgan fingerprint density at radius 2 is 1.78 bits per heavy atom. The van der Waals surface area contributed by atoms with Gasteiger partial charge < -0.3 is 19.9 Å². The van der Waals surface area contributed by atoms with Crippen LogP contribution in [0.25, 0.3) is 16.8 Å². The van der Waals surface area contributed by atoms with Crippen LogP contribution in [0.3, 0.4) is 0 Å². The lowest BCUT2D eigenvalue weighted by molar-refractivity contribution is 0.346. The summed E-state index contributed by atoms with van der Waals surface area (Å²) in [5.41, 5.74) is 4.28. The lowest BCUT2D eigenvalue weighted by Crippen LogP contribution is -2.31. The summed E-state index contributed by atoms with van der Waals surface area (Å²) in [5.74, 6) is 0.784. The number of aromatic nitrogens is 1. The summed E-state index contributed by atoms with van der Waals surface area (Å²) in [6.07, 6.45) is 5.73. The largest absolute Gasteiger partial charge is 0.497 e. The van der Waals surface area contributed by atoms with E-state index in [0.717, 1.165) is 46.9 Å². The van der Waals surface area contributed by atoms with Crippen molar-refractivity contribution in [1.29, 1.82) is 5.41 Å². The van der Waals surface area contributed by atoms with Crippen molar-refractivity contribution in [1.82, 2.24) is 9.47 Å². The minimum Gasteiger partial charge on any atom is -0.497 e. The molecule has 4 rings (SSSR count). The van der Waals surface area contributed by atoms with Crippen LogP contribution in [0.15, 0.2) is 65.6 Å². The van der Waals surface area contributed by atoms with Gasteiger partial charge in [-0.2, -0.15) is 0 Å². The first kappa shape index (κ1) is 21.8. The fraction of sp³-hybridized carbons (Fsp3) is 0.308. The van der Waals surface area contributed by atoms with Crippen molar-refractivity contribution in [2.45, 2.75) is 12.8 Å². The van der Waals surface area contributed by atoms with Gasteiger partial charge >= 0.3 is 0 Å². The van der Waals surface area contributed by atoms with Crippen LogP contribution in [-0.4, -0.2) is 56.0 Å². The van der Waals surface area contributed by atoms with Gasteiger partial charge in [0, 0.05) is 55.6 Å². The molecule has 1 aliphatic heterocycles. The van der Waals surface area contributed by atoms with Gasteiger partial charge in [-0.05, 0) is 73.5 Å². The number of anilines is 1. The van der Waals surface area contributed by atoms with E-state index in [9.17, 15) is 4.79 Å². The van der Waals surface area contributed by atoms with E-state index in [1.54, 1.807) is 23.9 Å². The number of rotatable bonds is 8. The standard InChI is InChI=1S/C26H30N4O2/c1-28(15-16-29-12-3-4-13-29)25-10-7-23(17-22(25)19-27)30-14-11-21(18-26(30)31)20-5-8-24(32-2)9-6-20/h5-11,14,17-19,27H,3-4,12-13,15-16H2,1-2H3. The summed E-state index contributed by atoms with van der Waals surface area (Å²) < 4.78 is 6.82. The summed E-state index contributed by atoms with van der Waals surface area (Å²) in [6.45, 7) is 4.30. The number of benzene rings is 2. The number of hydrogen-bond donors (Lipinski definition) is 1. The number of nitrogens with zero attached hydrogens (tertiary/aromatic N) is 3. The molecule has 0 spiro atoms. The number of methoxy groups -OCH3 is 1. The van der Waals surface area contributed by atoms with Gasteiger partial charge in [0.25, 0.3) is 5.56 Å². The van der Waals surface area contributed by atoms with Crippen molar-refractivity contribution in [3.05, 3.63) is 76.7 Å². The van der Waals surface area contributed by atoms with E-state index in [1.165, 1.54) is 32.1 Å². The van der Waals surface area contributed by atoms with Gasteiger partial charge in [-0.25, -0.2) is 0 Å². The number of ether oxygens (including phenoxy) is 1. The molecule has 1 saturated heterocycles. The maximum atomic E-state index is 12.9. The lowest BCUT2D eigenvalue weighted by Gasteiger charge is -2.25. The molecule has 2 heterocycles. The summed E-state index contributed by atoms with van der Waals surface area (Å²) in [4.78, 5) is 17.5. The van der Waals surface area contributed by atoms with Crippen molar-refractivity contribution < 1.29 is 4.74 Å². The van der Waals surface area contributed by atoms with E-state index < -0.39 is 0 Å². The maximum absolute atomic E-state index is 12.9. The van der Waals surface area contributed by atoms with E-state index in [0.29, 0.717) is 0 Å². The monoisotopic (exact) mass is 430 g/mol. The van der Waals surface area contributed by atoms with Gasteiger partial charge in [-0.15, -0.1) is 0 Å². The maximum Gasteiger partial charge on any atom is 0.255 e. The molecule has 1 aromatic heterocycles. The SMILES string of the molecule is COc1ccc(-c2ccn(-c3ccc(N(C)CCN4CCCC4)c(C=N)c3)c(=O)c2)cc1. The molecule has 1 fully saturated rings. The normalized spacial score (nSPS) is 13.8. The molecule has 0 aliphatic carbocycles. The molecule has 32 heavy (non-hydrogen) atoms. The van der Waals surface area contributed by atoms with Crippen LogP contribution in [0.5, 0.6) is 5.75 Å². The molecule has 0 radical (unpaired) electrons. The average Bonchev–Trinajstić information content (AvgIpc) is 3.36. The van der Waals surface area contributed by atoms with Crippen molar-refractivity contribution in [3.63, 3.8) is 0 Å². The average molecular weight is 431 g/mol. The fourth-order valence-electron chi connectivity index (χ4n) is 4.23. The summed E-state index contributed by atoms with van der Waals surface area (Å²) in [5, 5.41) is 7.91. The molecule has 1 aliphatic rings. The third-order valence-corrected chi connectivity index (χ3v) is 6.15. The lowest BCUT2D eigenvalue weighted by atomic mass is 10.1. The van der Waals surface area contributed by atoms with Gasteiger partial charge in [0.05, 0.1) is 7.11 Å². The molecular weight excluding hydrogens is 400 g/mol. The van der Waals surface area contributed by atoms with Gasteiger partial charge in [0.15, 0.2) is 0 Å². The third kappa shape index (κ3) is 4.75. The highest BCUT2D eigenvalue weighted by atomic mass is 16.5. The molecule has 3 aromatic rings. The predicted octanol–water partition coefficient (Wildman–Crippen LogP) is 4.04.